The maximum Gasteiger partial charge on any atom is 0.175 e. The summed E-state index contributed by atoms with van der Waals surface area (Å²) in [5.41, 5.74) is 1.23. The average Bonchev–Trinajstić information content (AvgIpc) is 2.81. The summed E-state index contributed by atoms with van der Waals surface area (Å²) in [6.45, 7) is 5.15. The molecule has 108 valence electrons. The van der Waals surface area contributed by atoms with Crippen molar-refractivity contribution in [3.8, 4) is 0 Å². The van der Waals surface area contributed by atoms with E-state index < -0.39 is 0 Å². The number of hydrogen-bond acceptors (Lipinski definition) is 4. The number of nitrogens with zero attached hydrogens (tertiary/aromatic N) is 4. The van der Waals surface area contributed by atoms with E-state index in [9.17, 15) is 0 Å². The van der Waals surface area contributed by atoms with Crippen LogP contribution < -0.4 is 5.32 Å². The Bertz CT molecular complexity index is 535. The Hall–Kier alpha value is -1.46. The van der Waals surface area contributed by atoms with Gasteiger partial charge in [0.2, 0.25) is 0 Å². The first kappa shape index (κ1) is 14.9. The standard InChI is InChI=1S/C14H20ClN5/c1-10(2)16-9-12(8-14-17-19-20(3)18-14)11-4-6-13(15)7-5-11/h4-7,10,12,16H,8-9H2,1-3H3. The van der Waals surface area contributed by atoms with Crippen LogP contribution in [0.4, 0.5) is 0 Å². The van der Waals surface area contributed by atoms with E-state index in [0.717, 1.165) is 23.8 Å². The first-order valence-electron chi connectivity index (χ1n) is 6.76. The molecule has 0 amide bonds. The van der Waals surface area contributed by atoms with Crippen molar-refractivity contribution in [1.29, 1.82) is 0 Å². The van der Waals surface area contributed by atoms with Crippen molar-refractivity contribution in [2.45, 2.75) is 32.2 Å². The van der Waals surface area contributed by atoms with Crippen molar-refractivity contribution in [3.63, 3.8) is 0 Å². The Balaban J connectivity index is 2.13. The van der Waals surface area contributed by atoms with Crippen LogP contribution in [0.5, 0.6) is 0 Å². The third kappa shape index (κ3) is 4.28. The molecule has 2 aromatic rings. The van der Waals surface area contributed by atoms with Crippen molar-refractivity contribution >= 4 is 11.6 Å². The van der Waals surface area contributed by atoms with Crippen molar-refractivity contribution in [2.24, 2.45) is 7.05 Å². The Morgan fingerprint density at radius 2 is 1.95 bits per heavy atom. The molecule has 2 rings (SSSR count). The summed E-state index contributed by atoms with van der Waals surface area (Å²) in [5.74, 6) is 1.07. The van der Waals surface area contributed by atoms with Gasteiger partial charge in [0.15, 0.2) is 5.82 Å². The van der Waals surface area contributed by atoms with E-state index in [1.807, 2.05) is 12.1 Å². The molecule has 20 heavy (non-hydrogen) atoms. The van der Waals surface area contributed by atoms with Crippen LogP contribution in [0.2, 0.25) is 5.02 Å². The summed E-state index contributed by atoms with van der Waals surface area (Å²) in [7, 11) is 1.78. The van der Waals surface area contributed by atoms with Gasteiger partial charge in [0, 0.05) is 29.9 Å². The van der Waals surface area contributed by atoms with E-state index in [0.29, 0.717) is 12.0 Å². The number of tetrazole rings is 1. The van der Waals surface area contributed by atoms with Gasteiger partial charge in [0.05, 0.1) is 7.05 Å². The third-order valence-electron chi connectivity index (χ3n) is 3.09. The number of rotatable bonds is 6. The largest absolute Gasteiger partial charge is 0.314 e. The molecule has 1 N–H and O–H groups in total. The Morgan fingerprint density at radius 3 is 2.50 bits per heavy atom. The van der Waals surface area contributed by atoms with Crippen LogP contribution in [0.15, 0.2) is 24.3 Å². The number of nitrogens with one attached hydrogen (secondary N) is 1. The number of aromatic nitrogens is 4. The van der Waals surface area contributed by atoms with E-state index in [-0.39, 0.29) is 0 Å². The summed E-state index contributed by atoms with van der Waals surface area (Å²) in [6.07, 6.45) is 0.759. The monoisotopic (exact) mass is 293 g/mol. The van der Waals surface area contributed by atoms with Crippen LogP contribution in [-0.2, 0) is 13.5 Å². The second kappa shape index (κ2) is 6.81. The lowest BCUT2D eigenvalue weighted by atomic mass is 9.95. The maximum absolute atomic E-state index is 5.95. The summed E-state index contributed by atoms with van der Waals surface area (Å²) in [4.78, 5) is 1.49. The molecule has 1 heterocycles. The zero-order valence-electron chi connectivity index (χ0n) is 12.0. The molecule has 0 aliphatic heterocycles. The van der Waals surface area contributed by atoms with Gasteiger partial charge in [-0.25, -0.2) is 0 Å². The number of aryl methyl sites for hydroxylation is 1. The molecule has 6 heteroatoms. The molecule has 0 bridgehead atoms. The van der Waals surface area contributed by atoms with E-state index in [1.165, 1.54) is 10.4 Å². The average molecular weight is 294 g/mol. The fraction of sp³-hybridized carbons (Fsp3) is 0.500. The molecule has 1 aromatic carbocycles. The normalized spacial score (nSPS) is 12.8. The highest BCUT2D eigenvalue weighted by molar-refractivity contribution is 6.30. The molecule has 0 aliphatic rings. The molecule has 0 saturated carbocycles. The number of halogens is 1. The molecule has 0 spiro atoms. The van der Waals surface area contributed by atoms with Crippen molar-refractivity contribution in [3.05, 3.63) is 40.7 Å². The minimum atomic E-state index is 0.305. The molecule has 1 unspecified atom stereocenters. The fourth-order valence-corrected chi connectivity index (χ4v) is 2.17. The molecule has 1 aromatic heterocycles. The summed E-state index contributed by atoms with van der Waals surface area (Å²) >= 11 is 5.95. The number of benzene rings is 1. The van der Waals surface area contributed by atoms with Crippen molar-refractivity contribution in [1.82, 2.24) is 25.5 Å². The molecule has 0 radical (unpaired) electrons. The van der Waals surface area contributed by atoms with Gasteiger partial charge in [-0.15, -0.1) is 10.2 Å². The second-order valence-electron chi connectivity index (χ2n) is 5.21. The minimum Gasteiger partial charge on any atom is -0.314 e. The zero-order valence-corrected chi connectivity index (χ0v) is 12.8. The molecule has 0 fully saturated rings. The summed E-state index contributed by atoms with van der Waals surface area (Å²) in [6, 6.07) is 8.41. The van der Waals surface area contributed by atoms with E-state index >= 15 is 0 Å². The Kier molecular flexibility index (Phi) is 5.09. The van der Waals surface area contributed by atoms with Gasteiger partial charge in [-0.1, -0.05) is 37.6 Å². The zero-order chi connectivity index (χ0) is 14.5. The fourth-order valence-electron chi connectivity index (χ4n) is 2.05. The lowest BCUT2D eigenvalue weighted by molar-refractivity contribution is 0.519. The summed E-state index contributed by atoms with van der Waals surface area (Å²) < 4.78 is 0. The molecule has 1 atom stereocenters. The minimum absolute atomic E-state index is 0.305. The molecule has 0 aliphatic carbocycles. The second-order valence-corrected chi connectivity index (χ2v) is 5.65. The van der Waals surface area contributed by atoms with Gasteiger partial charge in [-0.2, -0.15) is 4.80 Å². The van der Waals surface area contributed by atoms with Gasteiger partial charge in [-0.3, -0.25) is 0 Å². The quantitative estimate of drug-likeness (QED) is 0.887. The van der Waals surface area contributed by atoms with Crippen LogP contribution in [0, 0.1) is 0 Å². The van der Waals surface area contributed by atoms with Crippen LogP contribution in [0.1, 0.15) is 31.2 Å². The molecule has 0 saturated heterocycles. The van der Waals surface area contributed by atoms with Gasteiger partial charge in [0.25, 0.3) is 0 Å². The number of hydrogen-bond donors (Lipinski definition) is 1. The predicted molar refractivity (Wildman–Crippen MR) is 79.8 cm³/mol. The summed E-state index contributed by atoms with van der Waals surface area (Å²) in [5, 5.41) is 16.4. The topological polar surface area (TPSA) is 55.6 Å². The predicted octanol–water partition coefficient (Wildman–Crippen LogP) is 2.19. The van der Waals surface area contributed by atoms with Gasteiger partial charge in [-0.05, 0) is 22.9 Å². The highest BCUT2D eigenvalue weighted by Crippen LogP contribution is 2.21. The Labute approximate surface area is 124 Å². The van der Waals surface area contributed by atoms with Crippen LogP contribution in [0.25, 0.3) is 0 Å². The molecular weight excluding hydrogens is 274 g/mol. The Morgan fingerprint density at radius 1 is 1.25 bits per heavy atom. The first-order valence-corrected chi connectivity index (χ1v) is 7.14. The lowest BCUT2D eigenvalue weighted by Crippen LogP contribution is -2.29. The van der Waals surface area contributed by atoms with Crippen molar-refractivity contribution < 1.29 is 0 Å². The van der Waals surface area contributed by atoms with Gasteiger partial charge in [0.1, 0.15) is 0 Å². The van der Waals surface area contributed by atoms with Gasteiger partial charge >= 0.3 is 0 Å². The van der Waals surface area contributed by atoms with Crippen LogP contribution in [0.3, 0.4) is 0 Å². The van der Waals surface area contributed by atoms with Crippen molar-refractivity contribution in [2.75, 3.05) is 6.54 Å². The first-order chi connectivity index (χ1) is 9.54. The van der Waals surface area contributed by atoms with E-state index in [1.54, 1.807) is 7.05 Å². The maximum atomic E-state index is 5.95. The smallest absolute Gasteiger partial charge is 0.175 e. The molecular formula is C14H20ClN5. The van der Waals surface area contributed by atoms with Gasteiger partial charge < -0.3 is 5.32 Å². The highest BCUT2D eigenvalue weighted by Gasteiger charge is 2.15. The SMILES string of the molecule is CC(C)NCC(Cc1nnn(C)n1)c1ccc(Cl)cc1. The van der Waals surface area contributed by atoms with Crippen LogP contribution >= 0.6 is 11.6 Å². The third-order valence-corrected chi connectivity index (χ3v) is 3.34. The van der Waals surface area contributed by atoms with E-state index in [4.69, 9.17) is 11.6 Å². The lowest BCUT2D eigenvalue weighted by Gasteiger charge is -2.18. The van der Waals surface area contributed by atoms with E-state index in [2.05, 4.69) is 46.7 Å². The van der Waals surface area contributed by atoms with Crippen LogP contribution in [-0.4, -0.2) is 32.8 Å². The highest BCUT2D eigenvalue weighted by atomic mass is 35.5. The molecule has 5 nitrogen and oxygen atoms in total.